The number of nitrogens with zero attached hydrogens (tertiary/aromatic N) is 7. The number of aryl methyl sites for hydroxylation is 3. The fraction of sp³-hybridized carbons (Fsp3) is 0.462. The molecule has 0 bridgehead atoms. The summed E-state index contributed by atoms with van der Waals surface area (Å²) in [5.41, 5.74) is 2.75. The first-order chi connectivity index (χ1) is 10.2. The minimum absolute atomic E-state index is 0.181. The third-order valence-electron chi connectivity index (χ3n) is 3.88. The summed E-state index contributed by atoms with van der Waals surface area (Å²) in [6.07, 6.45) is 4.97. The van der Waals surface area contributed by atoms with Crippen molar-refractivity contribution in [3.8, 4) is 0 Å². The number of aromatic nitrogens is 7. The van der Waals surface area contributed by atoms with E-state index in [9.17, 15) is 4.79 Å². The smallest absolute Gasteiger partial charge is 0.283 e. The molecule has 0 saturated heterocycles. The van der Waals surface area contributed by atoms with Crippen molar-refractivity contribution < 1.29 is 0 Å². The van der Waals surface area contributed by atoms with Crippen molar-refractivity contribution in [1.29, 1.82) is 0 Å². The lowest BCUT2D eigenvalue weighted by Crippen LogP contribution is -2.22. The van der Waals surface area contributed by atoms with E-state index in [2.05, 4.69) is 26.5 Å². The SMILES string of the molecule is Cn1nnc2c(=O)n(Cc3cc4n(n3)CCCC4)cnc21. The molecule has 4 heterocycles. The molecule has 21 heavy (non-hydrogen) atoms. The molecule has 0 spiro atoms. The van der Waals surface area contributed by atoms with Crippen molar-refractivity contribution in [3.05, 3.63) is 34.1 Å². The molecule has 0 unspecified atom stereocenters. The van der Waals surface area contributed by atoms with E-state index in [0.29, 0.717) is 17.7 Å². The summed E-state index contributed by atoms with van der Waals surface area (Å²) >= 11 is 0. The highest BCUT2D eigenvalue weighted by Crippen LogP contribution is 2.15. The van der Waals surface area contributed by atoms with Gasteiger partial charge in [-0.1, -0.05) is 5.21 Å². The number of hydrogen-bond donors (Lipinski definition) is 0. The van der Waals surface area contributed by atoms with E-state index in [1.165, 1.54) is 34.1 Å². The Kier molecular flexibility index (Phi) is 2.63. The second kappa shape index (κ2) is 4.51. The maximum Gasteiger partial charge on any atom is 0.283 e. The molecule has 0 radical (unpaired) electrons. The summed E-state index contributed by atoms with van der Waals surface area (Å²) in [5.74, 6) is 0. The van der Waals surface area contributed by atoms with Gasteiger partial charge < -0.3 is 0 Å². The van der Waals surface area contributed by atoms with E-state index in [0.717, 1.165) is 18.7 Å². The van der Waals surface area contributed by atoms with Crippen molar-refractivity contribution in [2.24, 2.45) is 7.05 Å². The second-order valence-electron chi connectivity index (χ2n) is 5.37. The van der Waals surface area contributed by atoms with Crippen LogP contribution >= 0.6 is 0 Å². The summed E-state index contributed by atoms with van der Waals surface area (Å²) in [6, 6.07) is 2.08. The molecule has 108 valence electrons. The molecule has 4 rings (SSSR count). The van der Waals surface area contributed by atoms with Crippen LogP contribution < -0.4 is 5.56 Å². The van der Waals surface area contributed by atoms with Gasteiger partial charge in [0.1, 0.15) is 6.33 Å². The van der Waals surface area contributed by atoms with Crippen molar-refractivity contribution in [2.45, 2.75) is 32.4 Å². The van der Waals surface area contributed by atoms with Gasteiger partial charge >= 0.3 is 0 Å². The zero-order valence-corrected chi connectivity index (χ0v) is 11.7. The van der Waals surface area contributed by atoms with Crippen LogP contribution in [0.2, 0.25) is 0 Å². The lowest BCUT2D eigenvalue weighted by Gasteiger charge is -2.11. The molecule has 0 fully saturated rings. The topological polar surface area (TPSA) is 83.4 Å². The average Bonchev–Trinajstić information content (AvgIpc) is 3.06. The van der Waals surface area contributed by atoms with Gasteiger partial charge in [-0.15, -0.1) is 5.10 Å². The van der Waals surface area contributed by atoms with E-state index in [-0.39, 0.29) is 5.56 Å². The lowest BCUT2D eigenvalue weighted by atomic mass is 10.1. The molecule has 0 aromatic carbocycles. The maximum atomic E-state index is 12.4. The number of rotatable bonds is 2. The Morgan fingerprint density at radius 2 is 2.24 bits per heavy atom. The van der Waals surface area contributed by atoms with Gasteiger partial charge in [0.05, 0.1) is 12.2 Å². The van der Waals surface area contributed by atoms with E-state index in [4.69, 9.17) is 0 Å². The molecule has 3 aromatic rings. The van der Waals surface area contributed by atoms with Crippen LogP contribution in [-0.2, 0) is 26.6 Å². The first-order valence-electron chi connectivity index (χ1n) is 7.03. The minimum Gasteiger partial charge on any atom is -0.291 e. The highest BCUT2D eigenvalue weighted by molar-refractivity contribution is 5.67. The summed E-state index contributed by atoms with van der Waals surface area (Å²) < 4.78 is 5.07. The number of hydrogen-bond acceptors (Lipinski definition) is 5. The fourth-order valence-corrected chi connectivity index (χ4v) is 2.79. The van der Waals surface area contributed by atoms with E-state index in [1.807, 2.05) is 4.68 Å². The molecule has 1 aliphatic heterocycles. The Hall–Kier alpha value is -2.51. The molecular weight excluding hydrogens is 270 g/mol. The van der Waals surface area contributed by atoms with Crippen molar-refractivity contribution in [3.63, 3.8) is 0 Å². The highest BCUT2D eigenvalue weighted by atomic mass is 16.1. The Morgan fingerprint density at radius 1 is 1.33 bits per heavy atom. The number of fused-ring (bicyclic) bond motifs is 2. The Labute approximate surface area is 120 Å². The van der Waals surface area contributed by atoms with E-state index < -0.39 is 0 Å². The van der Waals surface area contributed by atoms with Crippen LogP contribution in [0.25, 0.3) is 11.2 Å². The molecule has 3 aromatic heterocycles. The fourth-order valence-electron chi connectivity index (χ4n) is 2.79. The Balaban J connectivity index is 1.72. The largest absolute Gasteiger partial charge is 0.291 e. The van der Waals surface area contributed by atoms with Gasteiger partial charge in [-0.2, -0.15) is 5.10 Å². The first-order valence-corrected chi connectivity index (χ1v) is 7.03. The van der Waals surface area contributed by atoms with Gasteiger partial charge in [0.2, 0.25) is 0 Å². The molecule has 0 aliphatic carbocycles. The standard InChI is InChI=1S/C13H15N7O/c1-18-12-11(15-17-18)13(21)19(8-14-12)7-9-6-10-4-2-3-5-20(10)16-9/h6,8H,2-5,7H2,1H3. The maximum absolute atomic E-state index is 12.4. The quantitative estimate of drug-likeness (QED) is 0.667. The first kappa shape index (κ1) is 12.2. The highest BCUT2D eigenvalue weighted by Gasteiger charge is 2.14. The summed E-state index contributed by atoms with van der Waals surface area (Å²) in [5, 5.41) is 12.3. The predicted molar refractivity (Wildman–Crippen MR) is 74.8 cm³/mol. The van der Waals surface area contributed by atoms with Crippen LogP contribution in [0, 0.1) is 0 Å². The Morgan fingerprint density at radius 3 is 3.10 bits per heavy atom. The molecule has 0 atom stereocenters. The summed E-state index contributed by atoms with van der Waals surface area (Å²) in [7, 11) is 1.72. The molecule has 0 amide bonds. The van der Waals surface area contributed by atoms with Gasteiger partial charge in [0.15, 0.2) is 11.2 Å². The van der Waals surface area contributed by atoms with Gasteiger partial charge in [-0.05, 0) is 25.3 Å². The van der Waals surface area contributed by atoms with Gasteiger partial charge in [0.25, 0.3) is 5.56 Å². The van der Waals surface area contributed by atoms with Crippen LogP contribution in [0.15, 0.2) is 17.2 Å². The van der Waals surface area contributed by atoms with Gasteiger partial charge in [-0.25, -0.2) is 9.67 Å². The lowest BCUT2D eigenvalue weighted by molar-refractivity contribution is 0.482. The normalized spacial score (nSPS) is 14.5. The van der Waals surface area contributed by atoms with Crippen molar-refractivity contribution in [2.75, 3.05) is 0 Å². The summed E-state index contributed by atoms with van der Waals surface area (Å²) in [6.45, 7) is 1.38. The zero-order valence-electron chi connectivity index (χ0n) is 11.7. The predicted octanol–water partition coefficient (Wildman–Crippen LogP) is 0.106. The molecular formula is C13H15N7O. The van der Waals surface area contributed by atoms with E-state index in [1.54, 1.807) is 7.05 Å². The molecule has 0 saturated carbocycles. The molecule has 1 aliphatic rings. The minimum atomic E-state index is -0.181. The molecule has 8 heteroatoms. The summed E-state index contributed by atoms with van der Waals surface area (Å²) in [4.78, 5) is 16.6. The van der Waals surface area contributed by atoms with Crippen LogP contribution in [-0.4, -0.2) is 34.3 Å². The monoisotopic (exact) mass is 285 g/mol. The average molecular weight is 285 g/mol. The van der Waals surface area contributed by atoms with Crippen LogP contribution in [0.5, 0.6) is 0 Å². The third-order valence-corrected chi connectivity index (χ3v) is 3.88. The van der Waals surface area contributed by atoms with Crippen molar-refractivity contribution >= 4 is 11.2 Å². The van der Waals surface area contributed by atoms with Crippen molar-refractivity contribution in [1.82, 2.24) is 34.3 Å². The van der Waals surface area contributed by atoms with Gasteiger partial charge in [-0.3, -0.25) is 14.0 Å². The second-order valence-corrected chi connectivity index (χ2v) is 5.37. The molecule has 0 N–H and O–H groups in total. The Bertz CT molecular complexity index is 849. The zero-order chi connectivity index (χ0) is 14.4. The van der Waals surface area contributed by atoms with Crippen LogP contribution in [0.3, 0.4) is 0 Å². The van der Waals surface area contributed by atoms with Gasteiger partial charge in [0, 0.05) is 19.3 Å². The third kappa shape index (κ3) is 1.94. The van der Waals surface area contributed by atoms with E-state index >= 15 is 0 Å². The molecule has 8 nitrogen and oxygen atoms in total. The van der Waals surface area contributed by atoms with Crippen LogP contribution in [0.1, 0.15) is 24.2 Å². The van der Waals surface area contributed by atoms with Crippen LogP contribution in [0.4, 0.5) is 0 Å².